The van der Waals surface area contributed by atoms with Crippen LogP contribution in [0.2, 0.25) is 0 Å². The van der Waals surface area contributed by atoms with Gasteiger partial charge in [0.05, 0.1) is 6.26 Å². The third-order valence-corrected chi connectivity index (χ3v) is 2.49. The van der Waals surface area contributed by atoms with Crippen molar-refractivity contribution in [1.82, 2.24) is 0 Å². The smallest absolute Gasteiger partial charge is 0.342 e. The number of aliphatic hydroxyl groups is 1. The van der Waals surface area contributed by atoms with Crippen LogP contribution in [0.5, 0.6) is 11.5 Å². The molecular weight excluding hydrogens is 256 g/mol. The van der Waals surface area contributed by atoms with Crippen molar-refractivity contribution in [3.8, 4) is 11.5 Å². The van der Waals surface area contributed by atoms with Crippen LogP contribution in [0, 0.1) is 0 Å². The largest absolute Gasteiger partial charge is 0.516 e. The van der Waals surface area contributed by atoms with Gasteiger partial charge in [-0.05, 0) is 30.3 Å². The van der Waals surface area contributed by atoms with Gasteiger partial charge in [0.2, 0.25) is 0 Å². The van der Waals surface area contributed by atoms with Gasteiger partial charge in [-0.3, -0.25) is 0 Å². The molecule has 0 amide bonds. The van der Waals surface area contributed by atoms with Crippen LogP contribution in [0.1, 0.15) is 10.4 Å². The molecule has 0 aliphatic heterocycles. The first-order valence-corrected chi connectivity index (χ1v) is 6.09. The Hall–Kier alpha value is -2.75. The SMILES string of the molecule is O=C(OCC=CO)c1ccccc1Oc1ccccc1. The Bertz CT molecular complexity index is 590. The Morgan fingerprint density at radius 1 is 1.05 bits per heavy atom. The second-order valence-electron chi connectivity index (χ2n) is 3.89. The van der Waals surface area contributed by atoms with Gasteiger partial charge < -0.3 is 14.6 Å². The minimum absolute atomic E-state index is 0.00893. The summed E-state index contributed by atoms with van der Waals surface area (Å²) in [6.45, 7) is 0.00893. The van der Waals surface area contributed by atoms with Gasteiger partial charge in [0, 0.05) is 0 Å². The molecule has 102 valence electrons. The fraction of sp³-hybridized carbons (Fsp3) is 0.0625. The summed E-state index contributed by atoms with van der Waals surface area (Å²) in [6, 6.07) is 16.0. The van der Waals surface area contributed by atoms with E-state index in [2.05, 4.69) is 0 Å². The second-order valence-corrected chi connectivity index (χ2v) is 3.89. The lowest BCUT2D eigenvalue weighted by molar-refractivity contribution is 0.0545. The van der Waals surface area contributed by atoms with Crippen molar-refractivity contribution in [1.29, 1.82) is 0 Å². The van der Waals surface area contributed by atoms with Crippen molar-refractivity contribution in [3.63, 3.8) is 0 Å². The average Bonchev–Trinajstić information content (AvgIpc) is 2.49. The van der Waals surface area contributed by atoms with Crippen molar-refractivity contribution < 1.29 is 19.4 Å². The Balaban J connectivity index is 2.15. The van der Waals surface area contributed by atoms with Crippen LogP contribution in [-0.2, 0) is 4.74 Å². The van der Waals surface area contributed by atoms with E-state index in [1.165, 1.54) is 6.08 Å². The lowest BCUT2D eigenvalue weighted by Gasteiger charge is -2.10. The highest BCUT2D eigenvalue weighted by Crippen LogP contribution is 2.25. The zero-order valence-electron chi connectivity index (χ0n) is 10.7. The van der Waals surface area contributed by atoms with Gasteiger partial charge in [-0.15, -0.1) is 0 Å². The summed E-state index contributed by atoms with van der Waals surface area (Å²) in [6.07, 6.45) is 2.16. The van der Waals surface area contributed by atoms with Crippen molar-refractivity contribution in [2.75, 3.05) is 6.61 Å². The maximum atomic E-state index is 11.9. The molecule has 4 nitrogen and oxygen atoms in total. The summed E-state index contributed by atoms with van der Waals surface area (Å²) < 4.78 is 10.6. The summed E-state index contributed by atoms with van der Waals surface area (Å²) in [7, 11) is 0. The summed E-state index contributed by atoms with van der Waals surface area (Å²) in [5.41, 5.74) is 0.336. The van der Waals surface area contributed by atoms with Gasteiger partial charge in [-0.2, -0.15) is 0 Å². The number of carbonyl (C=O) groups is 1. The topological polar surface area (TPSA) is 55.8 Å². The van der Waals surface area contributed by atoms with Crippen LogP contribution in [-0.4, -0.2) is 17.7 Å². The molecule has 2 aromatic carbocycles. The molecule has 0 radical (unpaired) electrons. The van der Waals surface area contributed by atoms with Crippen LogP contribution in [0.4, 0.5) is 0 Å². The molecule has 0 unspecified atom stereocenters. The van der Waals surface area contributed by atoms with Crippen molar-refractivity contribution >= 4 is 5.97 Å². The van der Waals surface area contributed by atoms with E-state index >= 15 is 0 Å². The summed E-state index contributed by atoms with van der Waals surface area (Å²) in [5.74, 6) is 0.564. The van der Waals surface area contributed by atoms with E-state index in [0.717, 1.165) is 6.26 Å². The van der Waals surface area contributed by atoms with Crippen LogP contribution in [0.15, 0.2) is 66.9 Å². The number of ether oxygens (including phenoxy) is 2. The zero-order valence-corrected chi connectivity index (χ0v) is 10.7. The molecule has 0 atom stereocenters. The maximum absolute atomic E-state index is 11.9. The molecule has 1 N–H and O–H groups in total. The highest BCUT2D eigenvalue weighted by molar-refractivity contribution is 5.92. The van der Waals surface area contributed by atoms with E-state index in [4.69, 9.17) is 14.6 Å². The quantitative estimate of drug-likeness (QED) is 0.664. The molecule has 0 bridgehead atoms. The predicted octanol–water partition coefficient (Wildman–Crippen LogP) is 3.71. The Morgan fingerprint density at radius 3 is 2.50 bits per heavy atom. The first-order valence-electron chi connectivity index (χ1n) is 6.09. The molecule has 20 heavy (non-hydrogen) atoms. The van der Waals surface area contributed by atoms with Gasteiger partial charge in [0.15, 0.2) is 0 Å². The number of esters is 1. The lowest BCUT2D eigenvalue weighted by atomic mass is 10.2. The number of aliphatic hydroxyl groups excluding tert-OH is 1. The van der Waals surface area contributed by atoms with Crippen LogP contribution in [0.3, 0.4) is 0 Å². The molecule has 0 saturated carbocycles. The Kier molecular flexibility index (Phi) is 4.78. The molecule has 0 fully saturated rings. The number of para-hydroxylation sites is 2. The molecule has 4 heteroatoms. The van der Waals surface area contributed by atoms with E-state index in [0.29, 0.717) is 17.1 Å². The van der Waals surface area contributed by atoms with E-state index in [-0.39, 0.29) is 6.61 Å². The number of carbonyl (C=O) groups excluding carboxylic acids is 1. The number of hydrogen-bond acceptors (Lipinski definition) is 4. The summed E-state index contributed by atoms with van der Waals surface area (Å²) in [4.78, 5) is 11.9. The molecule has 0 aliphatic rings. The van der Waals surface area contributed by atoms with E-state index in [9.17, 15) is 4.79 Å². The van der Waals surface area contributed by atoms with Gasteiger partial charge in [0.1, 0.15) is 23.7 Å². The van der Waals surface area contributed by atoms with E-state index < -0.39 is 5.97 Å². The maximum Gasteiger partial charge on any atom is 0.342 e. The predicted molar refractivity (Wildman–Crippen MR) is 75.0 cm³/mol. The Morgan fingerprint density at radius 2 is 1.75 bits per heavy atom. The van der Waals surface area contributed by atoms with Gasteiger partial charge in [-0.1, -0.05) is 30.3 Å². The zero-order chi connectivity index (χ0) is 14.2. The lowest BCUT2D eigenvalue weighted by Crippen LogP contribution is -2.06. The highest BCUT2D eigenvalue weighted by atomic mass is 16.5. The number of benzene rings is 2. The highest BCUT2D eigenvalue weighted by Gasteiger charge is 2.13. The van der Waals surface area contributed by atoms with Gasteiger partial charge >= 0.3 is 5.97 Å². The number of hydrogen-bond donors (Lipinski definition) is 1. The third kappa shape index (κ3) is 3.62. The molecule has 0 spiro atoms. The monoisotopic (exact) mass is 270 g/mol. The van der Waals surface area contributed by atoms with Gasteiger partial charge in [0.25, 0.3) is 0 Å². The van der Waals surface area contributed by atoms with E-state index in [1.807, 2.05) is 18.2 Å². The fourth-order valence-corrected chi connectivity index (χ4v) is 1.58. The first kappa shape index (κ1) is 13.7. The van der Waals surface area contributed by atoms with Gasteiger partial charge in [-0.25, -0.2) is 4.79 Å². The molecule has 2 rings (SSSR count). The van der Waals surface area contributed by atoms with E-state index in [1.54, 1.807) is 36.4 Å². The molecular formula is C16H14O4. The van der Waals surface area contributed by atoms with Crippen molar-refractivity contribution in [3.05, 3.63) is 72.5 Å². The summed E-state index contributed by atoms with van der Waals surface area (Å²) >= 11 is 0. The van der Waals surface area contributed by atoms with Crippen LogP contribution >= 0.6 is 0 Å². The fourth-order valence-electron chi connectivity index (χ4n) is 1.58. The number of rotatable bonds is 5. The van der Waals surface area contributed by atoms with Crippen molar-refractivity contribution in [2.45, 2.75) is 0 Å². The molecule has 0 aromatic heterocycles. The average molecular weight is 270 g/mol. The molecule has 2 aromatic rings. The third-order valence-electron chi connectivity index (χ3n) is 2.49. The normalized spacial score (nSPS) is 10.4. The minimum Gasteiger partial charge on any atom is -0.516 e. The van der Waals surface area contributed by atoms with Crippen molar-refractivity contribution in [2.24, 2.45) is 0 Å². The van der Waals surface area contributed by atoms with Crippen LogP contribution in [0.25, 0.3) is 0 Å². The standard InChI is InChI=1S/C16H14O4/c17-11-6-12-19-16(18)14-9-4-5-10-15(14)20-13-7-2-1-3-8-13/h1-11,17H,12H2. The molecule has 0 heterocycles. The minimum atomic E-state index is -0.505. The molecule has 0 aliphatic carbocycles. The van der Waals surface area contributed by atoms with Crippen LogP contribution < -0.4 is 4.74 Å². The second kappa shape index (κ2) is 6.99. The molecule has 0 saturated heterocycles. The Labute approximate surface area is 116 Å². The summed E-state index contributed by atoms with van der Waals surface area (Å²) in [5, 5.41) is 8.50. The first-order chi connectivity index (χ1) is 9.81.